The number of nitrogens with one attached hydrogen (secondary N) is 1. The zero-order chi connectivity index (χ0) is 15.2. The minimum absolute atomic E-state index is 0.0397. The number of sulfonamides is 1. The van der Waals surface area contributed by atoms with Crippen LogP contribution < -0.4 is 4.72 Å². The standard InChI is InChI=1S/C12H16FNO5S/c13-10-8-9(12(16)17)4-5-11(10)20(18,19)14-6-2-1-3-7-15/h4-5,8,14-15H,1-3,6-7H2,(H,16,17). The Morgan fingerprint density at radius 2 is 1.95 bits per heavy atom. The Hall–Kier alpha value is -1.51. The number of halogens is 1. The fraction of sp³-hybridized carbons (Fsp3) is 0.417. The van der Waals surface area contributed by atoms with Crippen LogP contribution in [0.1, 0.15) is 29.6 Å². The van der Waals surface area contributed by atoms with Crippen LogP contribution in [0.2, 0.25) is 0 Å². The summed E-state index contributed by atoms with van der Waals surface area (Å²) >= 11 is 0. The summed E-state index contributed by atoms with van der Waals surface area (Å²) in [4.78, 5) is 10.1. The van der Waals surface area contributed by atoms with Gasteiger partial charge in [-0.25, -0.2) is 22.3 Å². The van der Waals surface area contributed by atoms with Gasteiger partial charge in [0, 0.05) is 13.2 Å². The minimum Gasteiger partial charge on any atom is -0.478 e. The molecule has 20 heavy (non-hydrogen) atoms. The Labute approximate surface area is 116 Å². The van der Waals surface area contributed by atoms with Gasteiger partial charge in [0.25, 0.3) is 0 Å². The predicted octanol–water partition coefficient (Wildman–Crippen LogP) is 0.965. The lowest BCUT2D eigenvalue weighted by Gasteiger charge is -2.08. The Morgan fingerprint density at radius 1 is 1.25 bits per heavy atom. The second-order valence-corrected chi connectivity index (χ2v) is 5.87. The topological polar surface area (TPSA) is 104 Å². The van der Waals surface area contributed by atoms with Gasteiger partial charge in [-0.05, 0) is 37.5 Å². The Morgan fingerprint density at radius 3 is 2.50 bits per heavy atom. The molecular formula is C12H16FNO5S. The smallest absolute Gasteiger partial charge is 0.335 e. The van der Waals surface area contributed by atoms with Crippen molar-refractivity contribution in [1.29, 1.82) is 0 Å². The average Bonchev–Trinajstić information content (AvgIpc) is 2.37. The van der Waals surface area contributed by atoms with Gasteiger partial charge in [0.2, 0.25) is 10.0 Å². The van der Waals surface area contributed by atoms with E-state index in [2.05, 4.69) is 4.72 Å². The third-order valence-corrected chi connectivity index (χ3v) is 4.09. The van der Waals surface area contributed by atoms with Gasteiger partial charge >= 0.3 is 5.97 Å². The van der Waals surface area contributed by atoms with Gasteiger partial charge in [-0.15, -0.1) is 0 Å². The van der Waals surface area contributed by atoms with Gasteiger partial charge in [-0.2, -0.15) is 0 Å². The molecule has 0 aliphatic rings. The number of hydrogen-bond donors (Lipinski definition) is 3. The summed E-state index contributed by atoms with van der Waals surface area (Å²) < 4.78 is 39.5. The van der Waals surface area contributed by atoms with Crippen LogP contribution in [-0.4, -0.2) is 37.8 Å². The van der Waals surface area contributed by atoms with E-state index in [1.807, 2.05) is 0 Å². The van der Waals surface area contributed by atoms with Crippen LogP contribution >= 0.6 is 0 Å². The van der Waals surface area contributed by atoms with Crippen molar-refractivity contribution in [2.24, 2.45) is 0 Å². The van der Waals surface area contributed by atoms with Crippen LogP contribution in [0.5, 0.6) is 0 Å². The normalized spacial score (nSPS) is 11.5. The van der Waals surface area contributed by atoms with Crippen LogP contribution in [0.15, 0.2) is 23.1 Å². The summed E-state index contributed by atoms with van der Waals surface area (Å²) in [6.07, 6.45) is 1.75. The summed E-state index contributed by atoms with van der Waals surface area (Å²) in [5.74, 6) is -2.43. The number of hydrogen-bond acceptors (Lipinski definition) is 4. The van der Waals surface area contributed by atoms with Crippen molar-refractivity contribution in [3.63, 3.8) is 0 Å². The third-order valence-electron chi connectivity index (χ3n) is 2.60. The molecule has 1 rings (SSSR count). The molecule has 0 spiro atoms. The lowest BCUT2D eigenvalue weighted by atomic mass is 10.2. The Bertz CT molecular complexity index is 573. The SMILES string of the molecule is O=C(O)c1ccc(S(=O)(=O)NCCCCCO)c(F)c1. The molecule has 0 aliphatic carbocycles. The molecule has 0 heterocycles. The first-order valence-electron chi connectivity index (χ1n) is 6.02. The van der Waals surface area contributed by atoms with Crippen LogP contribution in [0.3, 0.4) is 0 Å². The summed E-state index contributed by atoms with van der Waals surface area (Å²) in [5, 5.41) is 17.2. The minimum atomic E-state index is -4.00. The molecule has 0 unspecified atom stereocenters. The van der Waals surface area contributed by atoms with E-state index in [-0.39, 0.29) is 18.7 Å². The number of rotatable bonds is 8. The maximum Gasteiger partial charge on any atom is 0.335 e. The van der Waals surface area contributed by atoms with Crippen LogP contribution in [0.4, 0.5) is 4.39 Å². The molecule has 0 radical (unpaired) electrons. The molecular weight excluding hydrogens is 289 g/mol. The number of carboxylic acids is 1. The maximum atomic E-state index is 13.6. The molecule has 0 aromatic heterocycles. The zero-order valence-corrected chi connectivity index (χ0v) is 11.5. The highest BCUT2D eigenvalue weighted by Gasteiger charge is 2.19. The van der Waals surface area contributed by atoms with Crippen molar-refractivity contribution in [2.75, 3.05) is 13.2 Å². The molecule has 6 nitrogen and oxygen atoms in total. The lowest BCUT2D eigenvalue weighted by molar-refractivity contribution is 0.0696. The van der Waals surface area contributed by atoms with Crippen LogP contribution in [0.25, 0.3) is 0 Å². The highest BCUT2D eigenvalue weighted by molar-refractivity contribution is 7.89. The molecule has 0 saturated carbocycles. The number of unbranched alkanes of at least 4 members (excludes halogenated alkanes) is 2. The van der Waals surface area contributed by atoms with E-state index in [4.69, 9.17) is 10.2 Å². The number of aliphatic hydroxyl groups is 1. The molecule has 0 aliphatic heterocycles. The summed E-state index contributed by atoms with van der Waals surface area (Å²) in [6, 6.07) is 2.63. The molecule has 1 aromatic carbocycles. The van der Waals surface area contributed by atoms with E-state index >= 15 is 0 Å². The number of benzene rings is 1. The monoisotopic (exact) mass is 305 g/mol. The van der Waals surface area contributed by atoms with Gasteiger partial charge < -0.3 is 10.2 Å². The van der Waals surface area contributed by atoms with E-state index in [9.17, 15) is 17.6 Å². The van der Waals surface area contributed by atoms with E-state index in [1.54, 1.807) is 0 Å². The van der Waals surface area contributed by atoms with Crippen LogP contribution in [-0.2, 0) is 10.0 Å². The molecule has 1 aromatic rings. The van der Waals surface area contributed by atoms with Gasteiger partial charge in [0.05, 0.1) is 5.56 Å². The maximum absolute atomic E-state index is 13.6. The van der Waals surface area contributed by atoms with E-state index in [0.29, 0.717) is 25.3 Å². The number of aliphatic hydroxyl groups excluding tert-OH is 1. The lowest BCUT2D eigenvalue weighted by Crippen LogP contribution is -2.25. The fourth-order valence-corrected chi connectivity index (χ4v) is 2.68. The average molecular weight is 305 g/mol. The van der Waals surface area contributed by atoms with Crippen molar-refractivity contribution < 1.29 is 27.8 Å². The first-order chi connectivity index (χ1) is 9.38. The second kappa shape index (κ2) is 7.32. The molecule has 0 saturated heterocycles. The van der Waals surface area contributed by atoms with Crippen molar-refractivity contribution in [1.82, 2.24) is 4.72 Å². The molecule has 3 N–H and O–H groups in total. The van der Waals surface area contributed by atoms with E-state index in [0.717, 1.165) is 12.1 Å². The van der Waals surface area contributed by atoms with Gasteiger partial charge in [-0.1, -0.05) is 0 Å². The highest BCUT2D eigenvalue weighted by atomic mass is 32.2. The molecule has 0 atom stereocenters. The van der Waals surface area contributed by atoms with Gasteiger partial charge in [0.1, 0.15) is 10.7 Å². The van der Waals surface area contributed by atoms with Gasteiger partial charge in [-0.3, -0.25) is 0 Å². The number of carbonyl (C=O) groups is 1. The largest absolute Gasteiger partial charge is 0.478 e. The number of carboxylic acid groups (broad SMARTS) is 1. The number of aromatic carboxylic acids is 1. The summed E-state index contributed by atoms with van der Waals surface area (Å²) in [5.41, 5.74) is -0.315. The van der Waals surface area contributed by atoms with Crippen molar-refractivity contribution >= 4 is 16.0 Å². The quantitative estimate of drug-likeness (QED) is 0.621. The molecule has 8 heteroatoms. The molecule has 0 bridgehead atoms. The molecule has 112 valence electrons. The highest BCUT2D eigenvalue weighted by Crippen LogP contribution is 2.16. The first kappa shape index (κ1) is 16.5. The van der Waals surface area contributed by atoms with Crippen molar-refractivity contribution in [3.05, 3.63) is 29.6 Å². The second-order valence-electron chi connectivity index (χ2n) is 4.13. The third kappa shape index (κ3) is 4.55. The van der Waals surface area contributed by atoms with Crippen molar-refractivity contribution in [2.45, 2.75) is 24.2 Å². The first-order valence-corrected chi connectivity index (χ1v) is 7.50. The van der Waals surface area contributed by atoms with Crippen LogP contribution in [0, 0.1) is 5.82 Å². The fourth-order valence-electron chi connectivity index (χ4n) is 1.55. The summed E-state index contributed by atoms with van der Waals surface area (Å²) in [7, 11) is -4.00. The summed E-state index contributed by atoms with van der Waals surface area (Å²) in [6.45, 7) is 0.167. The molecule has 0 amide bonds. The Balaban J connectivity index is 2.75. The van der Waals surface area contributed by atoms with E-state index in [1.165, 1.54) is 0 Å². The van der Waals surface area contributed by atoms with Crippen molar-refractivity contribution in [3.8, 4) is 0 Å². The Kier molecular flexibility index (Phi) is 6.05. The molecule has 0 fully saturated rings. The van der Waals surface area contributed by atoms with E-state index < -0.39 is 26.7 Å². The predicted molar refractivity (Wildman–Crippen MR) is 69.5 cm³/mol. The van der Waals surface area contributed by atoms with Gasteiger partial charge in [0.15, 0.2) is 0 Å². The zero-order valence-electron chi connectivity index (χ0n) is 10.7.